The van der Waals surface area contributed by atoms with Crippen molar-refractivity contribution in [3.05, 3.63) is 78.5 Å². The second-order valence-corrected chi connectivity index (χ2v) is 7.42. The van der Waals surface area contributed by atoms with Gasteiger partial charge in [0.05, 0.1) is 18.8 Å². The summed E-state index contributed by atoms with van der Waals surface area (Å²) in [4.78, 5) is 18.2. The van der Waals surface area contributed by atoms with Crippen LogP contribution in [0.2, 0.25) is 0 Å². The Kier molecular flexibility index (Phi) is 5.89. The van der Waals surface area contributed by atoms with Crippen LogP contribution < -0.4 is 10.1 Å². The first-order chi connectivity index (χ1) is 13.8. The molecule has 1 unspecified atom stereocenters. The van der Waals surface area contributed by atoms with Crippen LogP contribution in [-0.4, -0.2) is 30.2 Å². The van der Waals surface area contributed by atoms with Crippen molar-refractivity contribution in [1.29, 1.82) is 0 Å². The van der Waals surface area contributed by atoms with Crippen molar-refractivity contribution in [2.24, 2.45) is 0 Å². The Labute approximate surface area is 168 Å². The summed E-state index contributed by atoms with van der Waals surface area (Å²) >= 11 is 1.47. The fraction of sp³-hybridized carbons (Fsp3) is 0.182. The lowest BCUT2D eigenvalue weighted by molar-refractivity contribution is 0.102. The molecule has 1 aliphatic rings. The predicted octanol–water partition coefficient (Wildman–Crippen LogP) is 4.65. The van der Waals surface area contributed by atoms with Gasteiger partial charge in [0.2, 0.25) is 0 Å². The molecule has 3 aromatic rings. The van der Waals surface area contributed by atoms with Crippen LogP contribution in [0.25, 0.3) is 0 Å². The Morgan fingerprint density at radius 3 is 2.64 bits per heavy atom. The van der Waals surface area contributed by atoms with Crippen LogP contribution in [0.1, 0.15) is 16.8 Å². The van der Waals surface area contributed by atoms with Gasteiger partial charge in [-0.3, -0.25) is 4.79 Å². The molecule has 28 heavy (non-hydrogen) atoms. The first kappa shape index (κ1) is 18.5. The largest absolute Gasteiger partial charge is 0.488 e. The Morgan fingerprint density at radius 2 is 1.89 bits per heavy atom. The van der Waals surface area contributed by atoms with Gasteiger partial charge in [0.15, 0.2) is 0 Å². The van der Waals surface area contributed by atoms with Crippen LogP contribution in [-0.2, 0) is 4.74 Å². The lowest BCUT2D eigenvalue weighted by Crippen LogP contribution is -2.16. The molecule has 1 atom stereocenters. The standard InChI is InChI=1S/C22H20N2O3S/c25-21(20-7-4-13-23-22(20)28-19-5-2-1-3-6-19)24-16-8-10-17(11-9-16)27-18-12-14-26-15-18/h1-11,13,18H,12,14-15H2,(H,24,25). The summed E-state index contributed by atoms with van der Waals surface area (Å²) < 4.78 is 11.2. The molecule has 6 heteroatoms. The van der Waals surface area contributed by atoms with Gasteiger partial charge in [-0.2, -0.15) is 0 Å². The summed E-state index contributed by atoms with van der Waals surface area (Å²) in [5.74, 6) is 0.583. The molecule has 0 radical (unpaired) electrons. The Bertz CT molecular complexity index is 926. The third-order valence-electron chi connectivity index (χ3n) is 4.28. The van der Waals surface area contributed by atoms with E-state index in [0.29, 0.717) is 22.9 Å². The highest BCUT2D eigenvalue weighted by Gasteiger charge is 2.17. The molecule has 0 saturated carbocycles. The molecule has 1 amide bonds. The van der Waals surface area contributed by atoms with Crippen molar-refractivity contribution in [1.82, 2.24) is 4.98 Å². The van der Waals surface area contributed by atoms with Gasteiger partial charge in [-0.1, -0.05) is 30.0 Å². The van der Waals surface area contributed by atoms with E-state index in [9.17, 15) is 4.79 Å². The monoisotopic (exact) mass is 392 g/mol. The van der Waals surface area contributed by atoms with Crippen molar-refractivity contribution in [2.45, 2.75) is 22.4 Å². The number of hydrogen-bond donors (Lipinski definition) is 1. The van der Waals surface area contributed by atoms with E-state index >= 15 is 0 Å². The van der Waals surface area contributed by atoms with E-state index in [0.717, 1.165) is 23.7 Å². The van der Waals surface area contributed by atoms with Gasteiger partial charge in [-0.15, -0.1) is 0 Å². The molecule has 0 spiro atoms. The van der Waals surface area contributed by atoms with Crippen LogP contribution in [0.5, 0.6) is 5.75 Å². The van der Waals surface area contributed by atoms with Gasteiger partial charge in [0.25, 0.3) is 5.91 Å². The van der Waals surface area contributed by atoms with Gasteiger partial charge in [-0.05, 0) is 48.5 Å². The summed E-state index contributed by atoms with van der Waals surface area (Å²) in [6, 6.07) is 20.8. The third-order valence-corrected chi connectivity index (χ3v) is 5.30. The molecule has 5 nitrogen and oxygen atoms in total. The van der Waals surface area contributed by atoms with Gasteiger partial charge < -0.3 is 14.8 Å². The maximum atomic E-state index is 12.8. The highest BCUT2D eigenvalue weighted by Crippen LogP contribution is 2.29. The zero-order valence-electron chi connectivity index (χ0n) is 15.2. The first-order valence-corrected chi connectivity index (χ1v) is 9.93. The molecule has 1 fully saturated rings. The maximum absolute atomic E-state index is 12.8. The van der Waals surface area contributed by atoms with Crippen LogP contribution in [0.15, 0.2) is 82.8 Å². The summed E-state index contributed by atoms with van der Waals surface area (Å²) in [7, 11) is 0. The molecular weight excluding hydrogens is 372 g/mol. The van der Waals surface area contributed by atoms with Gasteiger partial charge in [-0.25, -0.2) is 4.98 Å². The van der Waals surface area contributed by atoms with E-state index in [1.165, 1.54) is 11.8 Å². The Morgan fingerprint density at radius 1 is 1.07 bits per heavy atom. The zero-order chi connectivity index (χ0) is 19.2. The minimum absolute atomic E-state index is 0.105. The molecule has 2 aromatic carbocycles. The second kappa shape index (κ2) is 8.91. The van der Waals surface area contributed by atoms with E-state index in [2.05, 4.69) is 10.3 Å². The third kappa shape index (κ3) is 4.71. The lowest BCUT2D eigenvalue weighted by Gasteiger charge is -2.13. The minimum Gasteiger partial charge on any atom is -0.488 e. The van der Waals surface area contributed by atoms with Gasteiger partial charge >= 0.3 is 0 Å². The molecule has 1 aliphatic heterocycles. The van der Waals surface area contributed by atoms with Crippen molar-refractivity contribution in [3.8, 4) is 5.75 Å². The Hall–Kier alpha value is -2.83. The number of nitrogens with zero attached hydrogens (tertiary/aromatic N) is 1. The number of benzene rings is 2. The maximum Gasteiger partial charge on any atom is 0.258 e. The second-order valence-electron chi connectivity index (χ2n) is 6.35. The Balaban J connectivity index is 1.43. The van der Waals surface area contributed by atoms with Gasteiger partial charge in [0.1, 0.15) is 16.9 Å². The zero-order valence-corrected chi connectivity index (χ0v) is 16.0. The lowest BCUT2D eigenvalue weighted by atomic mass is 10.2. The number of aromatic nitrogens is 1. The van der Waals surface area contributed by atoms with E-state index in [4.69, 9.17) is 9.47 Å². The molecular formula is C22H20N2O3S. The molecule has 1 aromatic heterocycles. The van der Waals surface area contributed by atoms with Crippen molar-refractivity contribution in [2.75, 3.05) is 18.5 Å². The minimum atomic E-state index is -0.190. The van der Waals surface area contributed by atoms with Crippen molar-refractivity contribution in [3.63, 3.8) is 0 Å². The summed E-state index contributed by atoms with van der Waals surface area (Å²) in [6.45, 7) is 1.37. The van der Waals surface area contributed by atoms with Crippen LogP contribution >= 0.6 is 11.8 Å². The van der Waals surface area contributed by atoms with Crippen molar-refractivity contribution >= 4 is 23.4 Å². The van der Waals surface area contributed by atoms with E-state index in [1.807, 2.05) is 54.6 Å². The normalized spacial score (nSPS) is 15.9. The summed E-state index contributed by atoms with van der Waals surface area (Å²) in [5.41, 5.74) is 1.25. The molecule has 2 heterocycles. The van der Waals surface area contributed by atoms with Crippen molar-refractivity contribution < 1.29 is 14.3 Å². The molecule has 0 bridgehead atoms. The SMILES string of the molecule is O=C(Nc1ccc(OC2CCOC2)cc1)c1cccnc1Sc1ccccc1. The number of amides is 1. The van der Waals surface area contributed by atoms with Gasteiger partial charge in [0, 0.05) is 23.2 Å². The first-order valence-electron chi connectivity index (χ1n) is 9.12. The van der Waals surface area contributed by atoms with Crippen LogP contribution in [0, 0.1) is 0 Å². The molecule has 0 aliphatic carbocycles. The highest BCUT2D eigenvalue weighted by molar-refractivity contribution is 7.99. The quantitative estimate of drug-likeness (QED) is 0.661. The van der Waals surface area contributed by atoms with Crippen LogP contribution in [0.4, 0.5) is 5.69 Å². The number of nitrogens with one attached hydrogen (secondary N) is 1. The summed E-state index contributed by atoms with van der Waals surface area (Å²) in [6.07, 6.45) is 2.70. The van der Waals surface area contributed by atoms with Crippen LogP contribution in [0.3, 0.4) is 0 Å². The molecule has 4 rings (SSSR count). The van der Waals surface area contributed by atoms with E-state index in [1.54, 1.807) is 18.3 Å². The topological polar surface area (TPSA) is 60.5 Å². The summed E-state index contributed by atoms with van der Waals surface area (Å²) in [5, 5.41) is 3.61. The van der Waals surface area contributed by atoms with E-state index in [-0.39, 0.29) is 12.0 Å². The number of carbonyl (C=O) groups excluding carboxylic acids is 1. The molecule has 1 N–H and O–H groups in total. The number of rotatable bonds is 6. The molecule has 142 valence electrons. The fourth-order valence-electron chi connectivity index (χ4n) is 2.86. The smallest absolute Gasteiger partial charge is 0.258 e. The number of pyridine rings is 1. The number of carbonyl (C=O) groups is 1. The number of hydrogen-bond acceptors (Lipinski definition) is 5. The average Bonchev–Trinajstić information content (AvgIpc) is 3.24. The van der Waals surface area contributed by atoms with E-state index < -0.39 is 0 Å². The number of ether oxygens (including phenoxy) is 2. The average molecular weight is 392 g/mol. The number of anilines is 1. The highest BCUT2D eigenvalue weighted by atomic mass is 32.2. The fourth-order valence-corrected chi connectivity index (χ4v) is 3.76. The predicted molar refractivity (Wildman–Crippen MR) is 109 cm³/mol. The molecule has 1 saturated heterocycles.